The Morgan fingerprint density at radius 1 is 1.48 bits per heavy atom. The summed E-state index contributed by atoms with van der Waals surface area (Å²) >= 11 is 7.89. The van der Waals surface area contributed by atoms with E-state index in [4.69, 9.17) is 16.3 Å². The highest BCUT2D eigenvalue weighted by Gasteiger charge is 2.35. The SMILES string of the molecule is C=C(CC(C)(Cl)C(=O)OC)c1sc2ccccc2[n+]1C.[Cl-]. The van der Waals surface area contributed by atoms with E-state index in [1.807, 2.05) is 19.2 Å². The molecule has 0 spiro atoms. The van der Waals surface area contributed by atoms with E-state index in [2.05, 4.69) is 23.3 Å². The van der Waals surface area contributed by atoms with Crippen LogP contribution in [0.4, 0.5) is 0 Å². The maximum Gasteiger partial charge on any atom is 0.326 e. The first-order valence-corrected chi connectivity index (χ1v) is 7.39. The number of hydrogen-bond donors (Lipinski definition) is 0. The smallest absolute Gasteiger partial charge is 0.326 e. The van der Waals surface area contributed by atoms with Gasteiger partial charge in [-0.2, -0.15) is 4.57 Å². The minimum Gasteiger partial charge on any atom is -1.00 e. The molecule has 0 bridgehead atoms. The van der Waals surface area contributed by atoms with Crippen LogP contribution in [0.5, 0.6) is 0 Å². The molecule has 3 nitrogen and oxygen atoms in total. The molecule has 114 valence electrons. The van der Waals surface area contributed by atoms with Crippen molar-refractivity contribution in [1.29, 1.82) is 0 Å². The number of methoxy groups -OCH3 is 1. The molecule has 2 rings (SSSR count). The first kappa shape index (κ1) is 18.0. The summed E-state index contributed by atoms with van der Waals surface area (Å²) < 4.78 is 7.98. The Morgan fingerprint density at radius 2 is 2.10 bits per heavy atom. The van der Waals surface area contributed by atoms with Gasteiger partial charge < -0.3 is 17.1 Å². The van der Waals surface area contributed by atoms with Gasteiger partial charge in [0.05, 0.1) is 7.11 Å². The fourth-order valence-corrected chi connectivity index (χ4v) is 3.53. The molecule has 0 aliphatic carbocycles. The standard InChI is InChI=1S/C15H17ClNO2S.ClH/c1-10(9-15(2,16)14(18)19-4)13-17(3)11-7-5-6-8-12(11)20-13;/h5-8H,1,9H2,2-4H3;1H/q+1;/p-1. The van der Waals surface area contributed by atoms with Crippen LogP contribution in [-0.2, 0) is 16.6 Å². The van der Waals surface area contributed by atoms with Crippen molar-refractivity contribution in [2.24, 2.45) is 7.05 Å². The van der Waals surface area contributed by atoms with Crippen LogP contribution in [0, 0.1) is 0 Å². The van der Waals surface area contributed by atoms with Gasteiger partial charge in [-0.15, -0.1) is 11.6 Å². The predicted molar refractivity (Wildman–Crippen MR) is 82.9 cm³/mol. The number of alkyl halides is 1. The summed E-state index contributed by atoms with van der Waals surface area (Å²) in [6.45, 7) is 5.73. The van der Waals surface area contributed by atoms with Crippen LogP contribution >= 0.6 is 22.9 Å². The summed E-state index contributed by atoms with van der Waals surface area (Å²) in [6.07, 6.45) is 0.349. The maximum atomic E-state index is 11.7. The molecule has 0 fully saturated rings. The number of carbonyl (C=O) groups excluding carboxylic acids is 1. The lowest BCUT2D eigenvalue weighted by Gasteiger charge is -2.18. The van der Waals surface area contributed by atoms with Crippen LogP contribution in [0.2, 0.25) is 0 Å². The third kappa shape index (κ3) is 3.57. The molecule has 0 amide bonds. The second-order valence-electron chi connectivity index (χ2n) is 4.90. The Balaban J connectivity index is 0.00000220. The van der Waals surface area contributed by atoms with Crippen LogP contribution in [0.15, 0.2) is 30.8 Å². The first-order chi connectivity index (χ1) is 9.36. The normalized spacial score (nSPS) is 13.3. The van der Waals surface area contributed by atoms with Gasteiger partial charge in [0.15, 0.2) is 0 Å². The van der Waals surface area contributed by atoms with E-state index >= 15 is 0 Å². The molecule has 1 unspecified atom stereocenters. The highest BCUT2D eigenvalue weighted by atomic mass is 35.5. The van der Waals surface area contributed by atoms with Crippen molar-refractivity contribution in [2.75, 3.05) is 7.11 Å². The van der Waals surface area contributed by atoms with Crippen LogP contribution in [0.25, 0.3) is 15.8 Å². The number of halogens is 2. The number of aryl methyl sites for hydroxylation is 1. The van der Waals surface area contributed by atoms with Gasteiger partial charge in [0, 0.05) is 18.1 Å². The molecule has 21 heavy (non-hydrogen) atoms. The van der Waals surface area contributed by atoms with Crippen molar-refractivity contribution in [2.45, 2.75) is 18.2 Å². The first-order valence-electron chi connectivity index (χ1n) is 6.20. The minimum atomic E-state index is -1.09. The van der Waals surface area contributed by atoms with Gasteiger partial charge in [-0.05, 0) is 13.0 Å². The van der Waals surface area contributed by atoms with E-state index in [1.165, 1.54) is 11.8 Å². The Morgan fingerprint density at radius 3 is 2.67 bits per heavy atom. The number of ether oxygens (including phenoxy) is 1. The molecule has 6 heteroatoms. The molecule has 1 aromatic carbocycles. The van der Waals surface area contributed by atoms with Crippen molar-refractivity contribution in [3.8, 4) is 0 Å². The summed E-state index contributed by atoms with van der Waals surface area (Å²) in [7, 11) is 3.33. The lowest BCUT2D eigenvalue weighted by atomic mass is 10.0. The number of nitrogens with zero attached hydrogens (tertiary/aromatic N) is 1. The molecule has 0 N–H and O–H groups in total. The van der Waals surface area contributed by atoms with Gasteiger partial charge in [-0.3, -0.25) is 4.79 Å². The highest BCUT2D eigenvalue weighted by Crippen LogP contribution is 2.32. The van der Waals surface area contributed by atoms with Gasteiger partial charge in [0.25, 0.3) is 5.01 Å². The van der Waals surface area contributed by atoms with E-state index in [0.29, 0.717) is 6.42 Å². The summed E-state index contributed by atoms with van der Waals surface area (Å²) in [5, 5.41) is 1.02. The van der Waals surface area contributed by atoms with Crippen molar-refractivity contribution >= 4 is 44.7 Å². The van der Waals surface area contributed by atoms with Gasteiger partial charge in [0.2, 0.25) is 5.52 Å². The number of fused-ring (bicyclic) bond motifs is 1. The van der Waals surface area contributed by atoms with Crippen molar-refractivity contribution in [3.63, 3.8) is 0 Å². The molecule has 2 aromatic rings. The molecule has 0 saturated heterocycles. The largest absolute Gasteiger partial charge is 1.00 e. The number of thiazole rings is 1. The number of benzene rings is 1. The number of allylic oxidation sites excluding steroid dienone is 1. The fraction of sp³-hybridized carbons (Fsp3) is 0.333. The third-order valence-corrected chi connectivity index (χ3v) is 4.81. The Hall–Kier alpha value is -1.10. The number of rotatable bonds is 4. The molecular weight excluding hydrogens is 329 g/mol. The average molecular weight is 346 g/mol. The number of carbonyl (C=O) groups is 1. The van der Waals surface area contributed by atoms with Gasteiger partial charge in [-0.1, -0.05) is 30.0 Å². The summed E-state index contributed by atoms with van der Waals surface area (Å²) in [6, 6.07) is 8.13. The summed E-state index contributed by atoms with van der Waals surface area (Å²) in [4.78, 5) is 10.6. The van der Waals surface area contributed by atoms with Gasteiger partial charge in [-0.25, -0.2) is 0 Å². The monoisotopic (exact) mass is 345 g/mol. The number of aromatic nitrogens is 1. The topological polar surface area (TPSA) is 30.2 Å². The molecular formula is C15H17Cl2NO2S. The molecule has 0 aliphatic rings. The van der Waals surface area contributed by atoms with E-state index in [1.54, 1.807) is 18.3 Å². The molecule has 0 saturated carbocycles. The second kappa shape index (κ2) is 6.77. The average Bonchev–Trinajstić information content (AvgIpc) is 2.75. The van der Waals surface area contributed by atoms with E-state index in [9.17, 15) is 4.79 Å². The summed E-state index contributed by atoms with van der Waals surface area (Å²) in [5.74, 6) is -0.441. The predicted octanol–water partition coefficient (Wildman–Crippen LogP) is 0.304. The fourth-order valence-electron chi connectivity index (χ4n) is 2.17. The van der Waals surface area contributed by atoms with E-state index in [0.717, 1.165) is 16.1 Å². The van der Waals surface area contributed by atoms with E-state index < -0.39 is 10.8 Å². The van der Waals surface area contributed by atoms with Gasteiger partial charge >= 0.3 is 5.97 Å². The molecule has 0 radical (unpaired) electrons. The van der Waals surface area contributed by atoms with E-state index in [-0.39, 0.29) is 12.4 Å². The molecule has 0 aliphatic heterocycles. The summed E-state index contributed by atoms with van der Waals surface area (Å²) in [5.41, 5.74) is 1.97. The highest BCUT2D eigenvalue weighted by molar-refractivity contribution is 7.19. The minimum absolute atomic E-state index is 0. The second-order valence-corrected chi connectivity index (χ2v) is 6.77. The molecule has 1 aromatic heterocycles. The number of hydrogen-bond acceptors (Lipinski definition) is 3. The Bertz CT molecular complexity index is 679. The van der Waals surface area contributed by atoms with Gasteiger partial charge in [0.1, 0.15) is 16.6 Å². The molecule has 1 atom stereocenters. The van der Waals surface area contributed by atoms with Crippen LogP contribution in [-0.4, -0.2) is 18.0 Å². The molecule has 1 heterocycles. The Kier molecular flexibility index (Phi) is 5.79. The number of esters is 1. The zero-order valence-corrected chi connectivity index (χ0v) is 14.5. The zero-order valence-electron chi connectivity index (χ0n) is 12.2. The van der Waals surface area contributed by atoms with Crippen molar-refractivity contribution in [1.82, 2.24) is 0 Å². The lowest BCUT2D eigenvalue weighted by molar-refractivity contribution is -0.642. The van der Waals surface area contributed by atoms with Crippen molar-refractivity contribution in [3.05, 3.63) is 35.9 Å². The van der Waals surface area contributed by atoms with Crippen molar-refractivity contribution < 1.29 is 26.5 Å². The lowest BCUT2D eigenvalue weighted by Crippen LogP contribution is -3.00. The van der Waals surface area contributed by atoms with Crippen LogP contribution in [0.3, 0.4) is 0 Å². The quantitative estimate of drug-likeness (QED) is 0.453. The van der Waals surface area contributed by atoms with Crippen LogP contribution in [0.1, 0.15) is 18.4 Å². The Labute approximate surface area is 139 Å². The third-order valence-electron chi connectivity index (χ3n) is 3.20. The zero-order chi connectivity index (χ0) is 14.9. The maximum absolute atomic E-state index is 11.7. The number of para-hydroxylation sites is 1. The van der Waals surface area contributed by atoms with Crippen LogP contribution < -0.4 is 17.0 Å².